The molecule has 2 rings (SSSR count). The Bertz CT molecular complexity index is 700. The van der Waals surface area contributed by atoms with Gasteiger partial charge in [-0.3, -0.25) is 0 Å². The highest BCUT2D eigenvalue weighted by Crippen LogP contribution is 2.23. The summed E-state index contributed by atoms with van der Waals surface area (Å²) in [5, 5.41) is 1.98. The normalized spacial score (nSPS) is 13.3. The van der Waals surface area contributed by atoms with Crippen molar-refractivity contribution in [1.29, 1.82) is 0 Å². The van der Waals surface area contributed by atoms with Crippen LogP contribution in [0.15, 0.2) is 45.1 Å². The maximum Gasteiger partial charge on any atom is 0.241 e. The van der Waals surface area contributed by atoms with Crippen molar-refractivity contribution in [2.45, 2.75) is 30.8 Å². The summed E-state index contributed by atoms with van der Waals surface area (Å²) in [7, 11) is -3.57. The highest BCUT2D eigenvalue weighted by Gasteiger charge is 2.21. The van der Waals surface area contributed by atoms with Crippen LogP contribution in [0.5, 0.6) is 0 Å². The van der Waals surface area contributed by atoms with E-state index in [2.05, 4.69) is 20.7 Å². The Labute approximate surface area is 137 Å². The summed E-state index contributed by atoms with van der Waals surface area (Å²) in [6.45, 7) is 2.17. The van der Waals surface area contributed by atoms with Crippen molar-refractivity contribution in [3.63, 3.8) is 0 Å². The molecule has 0 bridgehead atoms. The first-order chi connectivity index (χ1) is 9.92. The number of sulfonamides is 1. The number of benzene rings is 1. The van der Waals surface area contributed by atoms with Gasteiger partial charge in [0.25, 0.3) is 0 Å². The summed E-state index contributed by atoms with van der Waals surface area (Å²) < 4.78 is 28.2. The molecule has 21 heavy (non-hydrogen) atoms. The van der Waals surface area contributed by atoms with Gasteiger partial charge in [-0.15, -0.1) is 11.3 Å². The second-order valence-corrected chi connectivity index (χ2v) is 8.34. The number of nitrogens with two attached hydrogens (primary N) is 1. The number of nitrogens with one attached hydrogen (secondary N) is 1. The minimum atomic E-state index is -3.57. The maximum absolute atomic E-state index is 12.5. The van der Waals surface area contributed by atoms with Crippen molar-refractivity contribution in [3.8, 4) is 0 Å². The molecule has 2 aromatic rings. The molecule has 1 unspecified atom stereocenters. The van der Waals surface area contributed by atoms with Gasteiger partial charge in [-0.2, -0.15) is 0 Å². The summed E-state index contributed by atoms with van der Waals surface area (Å²) in [5.74, 6) is 0. The van der Waals surface area contributed by atoms with E-state index in [1.54, 1.807) is 29.5 Å². The third kappa shape index (κ3) is 4.37. The van der Waals surface area contributed by atoms with Gasteiger partial charge in [0.2, 0.25) is 10.0 Å². The van der Waals surface area contributed by atoms with Gasteiger partial charge in [-0.05, 0) is 58.4 Å². The minimum absolute atomic E-state index is 0.179. The lowest BCUT2D eigenvalue weighted by molar-refractivity contribution is 0.560. The summed E-state index contributed by atoms with van der Waals surface area (Å²) in [6, 6.07) is 8.90. The fourth-order valence-electron chi connectivity index (χ4n) is 1.98. The molecule has 0 aliphatic heterocycles. The van der Waals surface area contributed by atoms with E-state index in [1.807, 2.05) is 24.4 Å². The first kappa shape index (κ1) is 16.6. The standard InChI is InChI=1S/C14H17BrN2O2S2/c1-10(7-12-3-2-6-20-12)17-21(18,19)14-8-11(9-16)4-5-13(14)15/h2-6,8,10,17H,7,9,16H2,1H3. The van der Waals surface area contributed by atoms with Crippen molar-refractivity contribution in [3.05, 3.63) is 50.6 Å². The molecule has 0 aliphatic carbocycles. The van der Waals surface area contributed by atoms with Crippen LogP contribution in [0, 0.1) is 0 Å². The fraction of sp³-hybridized carbons (Fsp3) is 0.286. The molecule has 7 heteroatoms. The molecule has 0 saturated carbocycles. The SMILES string of the molecule is CC(Cc1cccs1)NS(=O)(=O)c1cc(CN)ccc1Br. The predicted molar refractivity (Wildman–Crippen MR) is 89.8 cm³/mol. The molecule has 0 spiro atoms. The topological polar surface area (TPSA) is 72.2 Å². The smallest absolute Gasteiger partial charge is 0.241 e. The molecule has 1 heterocycles. The molecule has 1 aromatic heterocycles. The molecule has 0 radical (unpaired) electrons. The van der Waals surface area contributed by atoms with Gasteiger partial charge >= 0.3 is 0 Å². The highest BCUT2D eigenvalue weighted by atomic mass is 79.9. The molecule has 0 amide bonds. The van der Waals surface area contributed by atoms with E-state index in [0.717, 1.165) is 10.4 Å². The predicted octanol–water partition coefficient (Wildman–Crippen LogP) is 2.88. The van der Waals surface area contributed by atoms with Crippen LogP contribution in [0.2, 0.25) is 0 Å². The van der Waals surface area contributed by atoms with Crippen LogP contribution < -0.4 is 10.5 Å². The van der Waals surface area contributed by atoms with Crippen LogP contribution in [0.25, 0.3) is 0 Å². The number of rotatable bonds is 6. The largest absolute Gasteiger partial charge is 0.326 e. The fourth-order valence-corrected chi connectivity index (χ4v) is 5.07. The van der Waals surface area contributed by atoms with Gasteiger partial charge in [0.05, 0.1) is 4.90 Å². The Kier molecular flexibility index (Phi) is 5.56. The van der Waals surface area contributed by atoms with Crippen molar-refractivity contribution in [1.82, 2.24) is 4.72 Å². The van der Waals surface area contributed by atoms with Gasteiger partial charge < -0.3 is 5.73 Å². The Balaban J connectivity index is 2.18. The van der Waals surface area contributed by atoms with Crippen LogP contribution in [-0.2, 0) is 23.0 Å². The van der Waals surface area contributed by atoms with Gasteiger partial charge in [0.15, 0.2) is 0 Å². The second kappa shape index (κ2) is 7.02. The maximum atomic E-state index is 12.5. The zero-order valence-electron chi connectivity index (χ0n) is 11.5. The molecular weight excluding hydrogens is 372 g/mol. The molecule has 4 nitrogen and oxygen atoms in total. The molecular formula is C14H17BrN2O2S2. The summed E-state index contributed by atoms with van der Waals surface area (Å²) >= 11 is 4.91. The second-order valence-electron chi connectivity index (χ2n) is 4.77. The Morgan fingerprint density at radius 2 is 2.14 bits per heavy atom. The van der Waals surface area contributed by atoms with Gasteiger partial charge in [-0.1, -0.05) is 12.1 Å². The van der Waals surface area contributed by atoms with Crippen molar-refractivity contribution >= 4 is 37.3 Å². The van der Waals surface area contributed by atoms with E-state index in [1.165, 1.54) is 0 Å². The third-order valence-corrected chi connectivity index (χ3v) is 6.45. The van der Waals surface area contributed by atoms with Crippen LogP contribution in [-0.4, -0.2) is 14.5 Å². The van der Waals surface area contributed by atoms with Gasteiger partial charge in [0, 0.05) is 21.9 Å². The zero-order chi connectivity index (χ0) is 15.5. The number of hydrogen-bond donors (Lipinski definition) is 2. The lowest BCUT2D eigenvalue weighted by atomic mass is 10.2. The number of halogens is 1. The molecule has 0 aliphatic rings. The average Bonchev–Trinajstić information content (AvgIpc) is 2.91. The quantitative estimate of drug-likeness (QED) is 0.798. The Morgan fingerprint density at radius 1 is 1.38 bits per heavy atom. The van der Waals surface area contributed by atoms with Crippen LogP contribution >= 0.6 is 27.3 Å². The van der Waals surface area contributed by atoms with Crippen molar-refractivity contribution in [2.75, 3.05) is 0 Å². The number of thiophene rings is 1. The van der Waals surface area contributed by atoms with Crippen molar-refractivity contribution < 1.29 is 8.42 Å². The monoisotopic (exact) mass is 388 g/mol. The van der Waals surface area contributed by atoms with Gasteiger partial charge in [-0.25, -0.2) is 13.1 Å². The van der Waals surface area contributed by atoms with Crippen molar-refractivity contribution in [2.24, 2.45) is 5.73 Å². The van der Waals surface area contributed by atoms with Crippen LogP contribution in [0.1, 0.15) is 17.4 Å². The van der Waals surface area contributed by atoms with E-state index in [-0.39, 0.29) is 10.9 Å². The Hall–Kier alpha value is -0.730. The molecule has 1 atom stereocenters. The molecule has 114 valence electrons. The summed E-state index contributed by atoms with van der Waals surface area (Å²) in [5.41, 5.74) is 6.36. The minimum Gasteiger partial charge on any atom is -0.326 e. The first-order valence-electron chi connectivity index (χ1n) is 6.45. The third-order valence-electron chi connectivity index (χ3n) is 2.96. The Morgan fingerprint density at radius 3 is 2.76 bits per heavy atom. The molecule has 0 saturated heterocycles. The average molecular weight is 389 g/mol. The number of hydrogen-bond acceptors (Lipinski definition) is 4. The summed E-state index contributed by atoms with van der Waals surface area (Å²) in [6.07, 6.45) is 0.672. The molecule has 3 N–H and O–H groups in total. The van der Waals surface area contributed by atoms with E-state index in [0.29, 0.717) is 17.4 Å². The van der Waals surface area contributed by atoms with E-state index < -0.39 is 10.0 Å². The van der Waals surface area contributed by atoms with Gasteiger partial charge in [0.1, 0.15) is 0 Å². The zero-order valence-corrected chi connectivity index (χ0v) is 14.8. The van der Waals surface area contributed by atoms with Crippen LogP contribution in [0.3, 0.4) is 0 Å². The first-order valence-corrected chi connectivity index (χ1v) is 9.61. The van der Waals surface area contributed by atoms with E-state index in [4.69, 9.17) is 5.73 Å². The summed E-state index contributed by atoms with van der Waals surface area (Å²) in [4.78, 5) is 1.38. The van der Waals surface area contributed by atoms with E-state index in [9.17, 15) is 8.42 Å². The lowest BCUT2D eigenvalue weighted by Gasteiger charge is -2.15. The molecule has 1 aromatic carbocycles. The lowest BCUT2D eigenvalue weighted by Crippen LogP contribution is -2.34. The van der Waals surface area contributed by atoms with E-state index >= 15 is 0 Å². The highest BCUT2D eigenvalue weighted by molar-refractivity contribution is 9.10. The van der Waals surface area contributed by atoms with Crippen LogP contribution in [0.4, 0.5) is 0 Å². The molecule has 0 fully saturated rings.